The number of amides is 1. The third-order valence-electron chi connectivity index (χ3n) is 4.68. The number of pyridine rings is 1. The number of aliphatic hydroxyl groups excluding tert-OH is 1. The van der Waals surface area contributed by atoms with Crippen molar-refractivity contribution >= 4 is 33.4 Å². The fourth-order valence-electron chi connectivity index (χ4n) is 3.24. The first-order valence-corrected chi connectivity index (χ1v) is 9.75. The van der Waals surface area contributed by atoms with E-state index in [1.165, 1.54) is 11.3 Å². The van der Waals surface area contributed by atoms with Gasteiger partial charge in [0, 0.05) is 30.4 Å². The SMILES string of the molecule is Cc1cc2nc(N[C@@H](C)c3cccnc3)nc(C(=O)N3CC[C@@H](O)C3)c2s1. The molecule has 140 valence electrons. The second-order valence-electron chi connectivity index (χ2n) is 6.81. The number of hydrogen-bond acceptors (Lipinski definition) is 7. The Morgan fingerprint density at radius 1 is 1.44 bits per heavy atom. The molecule has 1 fully saturated rings. The Kier molecular flexibility index (Phi) is 4.75. The lowest BCUT2D eigenvalue weighted by atomic mass is 10.1. The fourth-order valence-corrected chi connectivity index (χ4v) is 4.18. The topological polar surface area (TPSA) is 91.2 Å². The van der Waals surface area contributed by atoms with E-state index < -0.39 is 6.10 Å². The van der Waals surface area contributed by atoms with Gasteiger partial charge in [-0.3, -0.25) is 9.78 Å². The van der Waals surface area contributed by atoms with Gasteiger partial charge in [0.25, 0.3) is 5.91 Å². The highest BCUT2D eigenvalue weighted by Crippen LogP contribution is 2.29. The molecule has 27 heavy (non-hydrogen) atoms. The third kappa shape index (κ3) is 3.63. The van der Waals surface area contributed by atoms with Crippen molar-refractivity contribution in [2.24, 2.45) is 0 Å². The molecule has 0 unspecified atom stereocenters. The summed E-state index contributed by atoms with van der Waals surface area (Å²) in [4.78, 5) is 29.0. The van der Waals surface area contributed by atoms with E-state index in [2.05, 4.69) is 20.3 Å². The number of aliphatic hydroxyl groups is 1. The van der Waals surface area contributed by atoms with Crippen LogP contribution in [0.25, 0.3) is 10.2 Å². The first kappa shape index (κ1) is 17.8. The van der Waals surface area contributed by atoms with Crippen LogP contribution < -0.4 is 5.32 Å². The number of likely N-dealkylation sites (tertiary alicyclic amines) is 1. The molecule has 1 aliphatic rings. The standard InChI is InChI=1S/C19H21N5O2S/c1-11-8-15-17(27-11)16(18(26)24-7-5-14(25)10-24)23-19(22-15)21-12(2)13-4-3-6-20-9-13/h3-4,6,8-9,12,14,25H,5,7,10H2,1-2H3,(H,21,22,23)/t12-,14+/m0/s1. The highest BCUT2D eigenvalue weighted by molar-refractivity contribution is 7.19. The summed E-state index contributed by atoms with van der Waals surface area (Å²) < 4.78 is 0.790. The normalized spacial score (nSPS) is 18.0. The summed E-state index contributed by atoms with van der Waals surface area (Å²) in [5, 5.41) is 13.0. The molecule has 1 saturated heterocycles. The van der Waals surface area contributed by atoms with Crippen molar-refractivity contribution in [2.45, 2.75) is 32.4 Å². The van der Waals surface area contributed by atoms with E-state index in [0.717, 1.165) is 20.7 Å². The predicted octanol–water partition coefficient (Wildman–Crippen LogP) is 2.77. The van der Waals surface area contributed by atoms with Crippen LogP contribution in [0.15, 0.2) is 30.6 Å². The smallest absolute Gasteiger partial charge is 0.274 e. The summed E-state index contributed by atoms with van der Waals surface area (Å²) in [6.07, 6.45) is 3.67. The minimum Gasteiger partial charge on any atom is -0.391 e. The molecule has 0 bridgehead atoms. The molecule has 4 heterocycles. The number of nitrogens with zero attached hydrogens (tertiary/aromatic N) is 4. The number of aromatic nitrogens is 3. The van der Waals surface area contributed by atoms with Crippen LogP contribution in [0.3, 0.4) is 0 Å². The maximum Gasteiger partial charge on any atom is 0.274 e. The van der Waals surface area contributed by atoms with Gasteiger partial charge in [0.2, 0.25) is 5.95 Å². The lowest BCUT2D eigenvalue weighted by Crippen LogP contribution is -2.30. The minimum atomic E-state index is -0.459. The van der Waals surface area contributed by atoms with Crippen molar-refractivity contribution in [1.82, 2.24) is 19.9 Å². The first-order chi connectivity index (χ1) is 13.0. The molecule has 1 amide bonds. The molecule has 0 radical (unpaired) electrons. The Morgan fingerprint density at radius 3 is 3.00 bits per heavy atom. The van der Waals surface area contributed by atoms with Crippen molar-refractivity contribution in [1.29, 1.82) is 0 Å². The van der Waals surface area contributed by atoms with E-state index in [-0.39, 0.29) is 11.9 Å². The van der Waals surface area contributed by atoms with Gasteiger partial charge in [0.1, 0.15) is 0 Å². The zero-order valence-electron chi connectivity index (χ0n) is 15.2. The van der Waals surface area contributed by atoms with Gasteiger partial charge in [-0.1, -0.05) is 6.07 Å². The van der Waals surface area contributed by atoms with Gasteiger partial charge < -0.3 is 15.3 Å². The lowest BCUT2D eigenvalue weighted by molar-refractivity contribution is 0.0761. The molecule has 3 aromatic rings. The van der Waals surface area contributed by atoms with Gasteiger partial charge in [0.15, 0.2) is 5.69 Å². The number of β-amino-alcohol motifs (C(OH)–C–C–N with tert-alkyl or cyclic N) is 1. The Balaban J connectivity index is 1.69. The second kappa shape index (κ2) is 7.21. The average Bonchev–Trinajstić information content (AvgIpc) is 3.26. The first-order valence-electron chi connectivity index (χ1n) is 8.93. The molecule has 3 aromatic heterocycles. The Hall–Kier alpha value is -2.58. The van der Waals surface area contributed by atoms with Crippen LogP contribution in [0.2, 0.25) is 0 Å². The summed E-state index contributed by atoms with van der Waals surface area (Å²) in [6.45, 7) is 4.89. The molecule has 4 rings (SSSR count). The molecule has 8 heteroatoms. The summed E-state index contributed by atoms with van der Waals surface area (Å²) >= 11 is 1.52. The molecule has 0 saturated carbocycles. The predicted molar refractivity (Wildman–Crippen MR) is 105 cm³/mol. The molecule has 2 atom stereocenters. The van der Waals surface area contributed by atoms with E-state index >= 15 is 0 Å². The summed E-state index contributed by atoms with van der Waals surface area (Å²) in [7, 11) is 0. The van der Waals surface area contributed by atoms with Gasteiger partial charge in [-0.15, -0.1) is 11.3 Å². The highest BCUT2D eigenvalue weighted by Gasteiger charge is 2.28. The number of rotatable bonds is 4. The number of aryl methyl sites for hydroxylation is 1. The zero-order valence-corrected chi connectivity index (χ0v) is 16.0. The largest absolute Gasteiger partial charge is 0.391 e. The molecule has 0 spiro atoms. The summed E-state index contributed by atoms with van der Waals surface area (Å²) in [6, 6.07) is 5.78. The van der Waals surface area contributed by atoms with Crippen LogP contribution in [-0.2, 0) is 0 Å². The maximum atomic E-state index is 13.0. The molecule has 0 aromatic carbocycles. The van der Waals surface area contributed by atoms with Gasteiger partial charge >= 0.3 is 0 Å². The van der Waals surface area contributed by atoms with Crippen molar-refractivity contribution in [2.75, 3.05) is 18.4 Å². The number of carbonyl (C=O) groups is 1. The van der Waals surface area contributed by atoms with Crippen molar-refractivity contribution < 1.29 is 9.90 Å². The molecular formula is C19H21N5O2S. The van der Waals surface area contributed by atoms with Gasteiger partial charge in [0.05, 0.1) is 22.4 Å². The summed E-state index contributed by atoms with van der Waals surface area (Å²) in [5.74, 6) is 0.262. The zero-order chi connectivity index (χ0) is 19.0. The molecule has 2 N–H and O–H groups in total. The Morgan fingerprint density at radius 2 is 2.30 bits per heavy atom. The number of carbonyl (C=O) groups excluding carboxylic acids is 1. The number of thiophene rings is 1. The van der Waals surface area contributed by atoms with Gasteiger partial charge in [-0.2, -0.15) is 0 Å². The van der Waals surface area contributed by atoms with E-state index in [9.17, 15) is 9.90 Å². The van der Waals surface area contributed by atoms with E-state index in [1.807, 2.05) is 32.0 Å². The van der Waals surface area contributed by atoms with Gasteiger partial charge in [-0.05, 0) is 38.0 Å². The third-order valence-corrected chi connectivity index (χ3v) is 5.72. The molecule has 1 aliphatic heterocycles. The second-order valence-corrected chi connectivity index (χ2v) is 8.07. The van der Waals surface area contributed by atoms with Crippen LogP contribution >= 0.6 is 11.3 Å². The average molecular weight is 383 g/mol. The van der Waals surface area contributed by atoms with Crippen molar-refractivity contribution in [3.63, 3.8) is 0 Å². The van der Waals surface area contributed by atoms with Crippen LogP contribution in [0.5, 0.6) is 0 Å². The maximum absolute atomic E-state index is 13.0. The number of nitrogens with one attached hydrogen (secondary N) is 1. The Labute approximate surface area is 161 Å². The molecule has 7 nitrogen and oxygen atoms in total. The quantitative estimate of drug-likeness (QED) is 0.720. The van der Waals surface area contributed by atoms with Crippen LogP contribution in [0.1, 0.15) is 40.3 Å². The van der Waals surface area contributed by atoms with E-state index in [1.54, 1.807) is 17.3 Å². The lowest BCUT2D eigenvalue weighted by Gasteiger charge is -2.17. The minimum absolute atomic E-state index is 0.0487. The van der Waals surface area contributed by atoms with Crippen molar-refractivity contribution in [3.05, 3.63) is 46.7 Å². The highest BCUT2D eigenvalue weighted by atomic mass is 32.1. The van der Waals surface area contributed by atoms with Crippen LogP contribution in [-0.4, -0.2) is 50.1 Å². The number of anilines is 1. The van der Waals surface area contributed by atoms with Crippen LogP contribution in [0, 0.1) is 6.92 Å². The Bertz CT molecular complexity index is 975. The number of hydrogen-bond donors (Lipinski definition) is 2. The molecule has 0 aliphatic carbocycles. The molecular weight excluding hydrogens is 362 g/mol. The van der Waals surface area contributed by atoms with Crippen molar-refractivity contribution in [3.8, 4) is 0 Å². The van der Waals surface area contributed by atoms with E-state index in [4.69, 9.17) is 0 Å². The number of fused-ring (bicyclic) bond motifs is 1. The van der Waals surface area contributed by atoms with Gasteiger partial charge in [-0.25, -0.2) is 9.97 Å². The van der Waals surface area contributed by atoms with Crippen LogP contribution in [0.4, 0.5) is 5.95 Å². The van der Waals surface area contributed by atoms with E-state index in [0.29, 0.717) is 31.2 Å². The summed E-state index contributed by atoms with van der Waals surface area (Å²) in [5.41, 5.74) is 2.17. The fraction of sp³-hybridized carbons (Fsp3) is 0.368. The monoisotopic (exact) mass is 383 g/mol.